The van der Waals surface area contributed by atoms with Gasteiger partial charge in [0.25, 0.3) is 0 Å². The van der Waals surface area contributed by atoms with E-state index < -0.39 is 5.41 Å². The fourth-order valence-electron chi connectivity index (χ4n) is 7.13. The van der Waals surface area contributed by atoms with Crippen LogP contribution in [0.1, 0.15) is 58.3 Å². The van der Waals surface area contributed by atoms with Gasteiger partial charge in [-0.2, -0.15) is 0 Å². The molecule has 0 bridgehead atoms. The number of hydrogen-bond acceptors (Lipinski definition) is 4. The molecule has 3 fully saturated rings. The molecule has 136 valence electrons. The molecule has 0 aliphatic heterocycles. The van der Waals surface area contributed by atoms with Gasteiger partial charge in [0.1, 0.15) is 12.9 Å². The van der Waals surface area contributed by atoms with E-state index in [2.05, 4.69) is 6.92 Å². The monoisotopic (exact) mass is 344 g/mol. The number of aliphatic hydroxyl groups is 1. The average molecular weight is 344 g/mol. The summed E-state index contributed by atoms with van der Waals surface area (Å²) >= 11 is 0. The zero-order chi connectivity index (χ0) is 17.8. The highest BCUT2D eigenvalue weighted by atomic mass is 16.3. The molecular formula is C21H28O4. The minimum absolute atomic E-state index is 0.00629. The van der Waals surface area contributed by atoms with Crippen LogP contribution < -0.4 is 0 Å². The molecule has 0 spiro atoms. The van der Waals surface area contributed by atoms with Crippen molar-refractivity contribution in [3.05, 3.63) is 11.6 Å². The van der Waals surface area contributed by atoms with Crippen LogP contribution in [-0.2, 0) is 14.4 Å². The van der Waals surface area contributed by atoms with Gasteiger partial charge in [0.05, 0.1) is 5.41 Å². The van der Waals surface area contributed by atoms with Crippen LogP contribution in [0.5, 0.6) is 0 Å². The van der Waals surface area contributed by atoms with E-state index in [0.29, 0.717) is 30.6 Å². The van der Waals surface area contributed by atoms with Crippen molar-refractivity contribution in [1.82, 2.24) is 0 Å². The second kappa shape index (κ2) is 5.87. The van der Waals surface area contributed by atoms with Crippen LogP contribution >= 0.6 is 0 Å². The first-order chi connectivity index (χ1) is 12.0. The van der Waals surface area contributed by atoms with Crippen LogP contribution in [0.15, 0.2) is 11.6 Å². The van der Waals surface area contributed by atoms with Crippen LogP contribution in [0.3, 0.4) is 0 Å². The number of ketones is 2. The Hall–Kier alpha value is -1.29. The van der Waals surface area contributed by atoms with E-state index >= 15 is 0 Å². The zero-order valence-electron chi connectivity index (χ0n) is 15.0. The molecule has 4 nitrogen and oxygen atoms in total. The Labute approximate surface area is 149 Å². The maximum absolute atomic E-state index is 12.3. The second-order valence-electron chi connectivity index (χ2n) is 9.01. The van der Waals surface area contributed by atoms with Gasteiger partial charge in [-0.1, -0.05) is 12.5 Å². The number of aliphatic hydroxyl groups excluding tert-OH is 1. The topological polar surface area (TPSA) is 71.4 Å². The average Bonchev–Trinajstić information content (AvgIpc) is 2.98. The van der Waals surface area contributed by atoms with Gasteiger partial charge >= 0.3 is 0 Å². The first-order valence-electron chi connectivity index (χ1n) is 9.80. The summed E-state index contributed by atoms with van der Waals surface area (Å²) in [6.07, 6.45) is 9.74. The molecule has 1 N–H and O–H groups in total. The number of allylic oxidation sites excluding steroid dienone is 1. The number of carbonyl (C=O) groups excluding carboxylic acids is 3. The van der Waals surface area contributed by atoms with Crippen molar-refractivity contribution in [1.29, 1.82) is 0 Å². The molecular weight excluding hydrogens is 316 g/mol. The Morgan fingerprint density at radius 1 is 1.20 bits per heavy atom. The van der Waals surface area contributed by atoms with E-state index in [1.807, 2.05) is 0 Å². The molecule has 6 atom stereocenters. The van der Waals surface area contributed by atoms with Crippen molar-refractivity contribution >= 4 is 17.9 Å². The lowest BCUT2D eigenvalue weighted by Gasteiger charge is -2.57. The predicted molar refractivity (Wildman–Crippen MR) is 92.7 cm³/mol. The minimum atomic E-state index is -0.433. The Morgan fingerprint density at radius 2 is 2.00 bits per heavy atom. The molecule has 0 heterocycles. The lowest BCUT2D eigenvalue weighted by Crippen LogP contribution is -2.52. The fourth-order valence-corrected chi connectivity index (χ4v) is 7.13. The SMILES string of the molecule is C[C@]12CCC3C(CCC4=CC(=O)CC[C@@]43C=O)C1CC[C@@H]2C(=O)CO. The van der Waals surface area contributed by atoms with Crippen molar-refractivity contribution in [3.63, 3.8) is 0 Å². The van der Waals surface area contributed by atoms with Crippen LogP contribution in [0, 0.1) is 34.5 Å². The third-order valence-electron chi connectivity index (χ3n) is 8.32. The molecule has 3 saturated carbocycles. The van der Waals surface area contributed by atoms with Gasteiger partial charge in [-0.3, -0.25) is 9.59 Å². The van der Waals surface area contributed by atoms with E-state index in [0.717, 1.165) is 50.4 Å². The first kappa shape index (κ1) is 17.1. The largest absolute Gasteiger partial charge is 0.389 e. The van der Waals surface area contributed by atoms with Crippen LogP contribution in [-0.4, -0.2) is 29.6 Å². The van der Waals surface area contributed by atoms with Crippen LogP contribution in [0.4, 0.5) is 0 Å². The third kappa shape index (κ3) is 2.26. The maximum atomic E-state index is 12.3. The smallest absolute Gasteiger partial charge is 0.161 e. The van der Waals surface area contributed by atoms with Crippen molar-refractivity contribution in [3.8, 4) is 0 Å². The van der Waals surface area contributed by atoms with Crippen molar-refractivity contribution in [2.24, 2.45) is 34.5 Å². The minimum Gasteiger partial charge on any atom is -0.389 e. The highest BCUT2D eigenvalue weighted by Gasteiger charge is 2.61. The molecule has 25 heavy (non-hydrogen) atoms. The van der Waals surface area contributed by atoms with E-state index in [1.54, 1.807) is 6.08 Å². The molecule has 0 amide bonds. The number of aldehydes is 1. The maximum Gasteiger partial charge on any atom is 0.161 e. The molecule has 0 saturated heterocycles. The fraction of sp³-hybridized carbons (Fsp3) is 0.762. The summed E-state index contributed by atoms with van der Waals surface area (Å²) in [6.45, 7) is 1.89. The van der Waals surface area contributed by atoms with Crippen LogP contribution in [0.2, 0.25) is 0 Å². The van der Waals surface area contributed by atoms with Gasteiger partial charge in [0, 0.05) is 12.3 Å². The van der Waals surface area contributed by atoms with Crippen LogP contribution in [0.25, 0.3) is 0 Å². The first-order valence-corrected chi connectivity index (χ1v) is 9.80. The molecule has 4 aliphatic carbocycles. The summed E-state index contributed by atoms with van der Waals surface area (Å²) in [6, 6.07) is 0. The molecule has 0 aromatic rings. The predicted octanol–water partition coefficient (Wildman–Crippen LogP) is 2.87. The summed E-state index contributed by atoms with van der Waals surface area (Å²) in [4.78, 5) is 36.4. The molecule has 4 heteroatoms. The Balaban J connectivity index is 1.68. The highest BCUT2D eigenvalue weighted by Crippen LogP contribution is 2.66. The molecule has 3 unspecified atom stereocenters. The van der Waals surface area contributed by atoms with Crippen molar-refractivity contribution < 1.29 is 19.5 Å². The van der Waals surface area contributed by atoms with Crippen molar-refractivity contribution in [2.75, 3.05) is 6.61 Å². The standard InChI is InChI=1S/C21H28O4/c1-20-8-7-17-15(16(20)4-5-18(20)19(25)11-22)3-2-13-10-14(24)6-9-21(13,17)12-23/h10,12,15-18,22H,2-9,11H2,1H3/t15?,16?,17?,18-,20+,21-/m1/s1. The number of rotatable bonds is 3. The van der Waals surface area contributed by atoms with E-state index in [9.17, 15) is 19.5 Å². The normalized spacial score (nSPS) is 45.8. The molecule has 0 radical (unpaired) electrons. The lowest BCUT2D eigenvalue weighted by molar-refractivity contribution is -0.136. The number of fused-ring (bicyclic) bond motifs is 5. The summed E-state index contributed by atoms with van der Waals surface area (Å²) < 4.78 is 0. The number of hydrogen-bond donors (Lipinski definition) is 1. The quantitative estimate of drug-likeness (QED) is 0.799. The molecule has 0 aromatic carbocycles. The highest BCUT2D eigenvalue weighted by molar-refractivity contribution is 5.93. The molecule has 0 aromatic heterocycles. The van der Waals surface area contributed by atoms with Gasteiger partial charge in [0.15, 0.2) is 11.6 Å². The Kier molecular flexibility index (Phi) is 4.02. The summed E-state index contributed by atoms with van der Waals surface area (Å²) in [5, 5.41) is 9.36. The summed E-state index contributed by atoms with van der Waals surface area (Å²) in [7, 11) is 0. The lowest BCUT2D eigenvalue weighted by atomic mass is 9.46. The van der Waals surface area contributed by atoms with Gasteiger partial charge in [0.2, 0.25) is 0 Å². The Bertz CT molecular complexity index is 650. The van der Waals surface area contributed by atoms with Gasteiger partial charge in [-0.25, -0.2) is 0 Å². The van der Waals surface area contributed by atoms with Gasteiger partial charge in [-0.05, 0) is 74.2 Å². The van der Waals surface area contributed by atoms with Gasteiger partial charge in [-0.15, -0.1) is 0 Å². The van der Waals surface area contributed by atoms with E-state index in [4.69, 9.17) is 0 Å². The van der Waals surface area contributed by atoms with Gasteiger partial charge < -0.3 is 9.90 Å². The van der Waals surface area contributed by atoms with E-state index in [1.165, 1.54) is 0 Å². The van der Waals surface area contributed by atoms with Crippen molar-refractivity contribution in [2.45, 2.75) is 58.3 Å². The number of Topliss-reactive ketones (excluding diaryl/α,β-unsaturated/α-hetero) is 1. The third-order valence-corrected chi connectivity index (χ3v) is 8.32. The Morgan fingerprint density at radius 3 is 2.72 bits per heavy atom. The summed E-state index contributed by atoms with van der Waals surface area (Å²) in [5.41, 5.74) is 0.609. The molecule has 4 aliphatic rings. The van der Waals surface area contributed by atoms with E-state index in [-0.39, 0.29) is 29.5 Å². The number of carbonyl (C=O) groups is 3. The summed E-state index contributed by atoms with van der Waals surface area (Å²) in [5.74, 6) is 1.38. The molecule has 4 rings (SSSR count). The second-order valence-corrected chi connectivity index (χ2v) is 9.01. The zero-order valence-corrected chi connectivity index (χ0v) is 15.0.